The summed E-state index contributed by atoms with van der Waals surface area (Å²) >= 11 is 0. The highest BCUT2D eigenvalue weighted by molar-refractivity contribution is 6.12. The Morgan fingerprint density at radius 1 is 0.914 bits per heavy atom. The summed E-state index contributed by atoms with van der Waals surface area (Å²) in [5, 5.41) is 3.66. The number of ether oxygens (including phenoxy) is 1. The van der Waals surface area contributed by atoms with E-state index >= 15 is 0 Å². The van der Waals surface area contributed by atoms with Crippen LogP contribution in [0.3, 0.4) is 0 Å². The molecule has 0 fully saturated rings. The van der Waals surface area contributed by atoms with Gasteiger partial charge in [-0.2, -0.15) is 0 Å². The minimum atomic E-state index is -1.20. The van der Waals surface area contributed by atoms with Gasteiger partial charge in [-0.1, -0.05) is 54.6 Å². The van der Waals surface area contributed by atoms with Gasteiger partial charge in [0, 0.05) is 16.8 Å². The van der Waals surface area contributed by atoms with Crippen molar-refractivity contribution >= 4 is 28.3 Å². The summed E-state index contributed by atoms with van der Waals surface area (Å²) in [5.41, 5.74) is 5.15. The molecule has 1 spiro atoms. The van der Waals surface area contributed by atoms with Crippen LogP contribution in [0.2, 0.25) is 0 Å². The number of nitrogens with one attached hydrogen (secondary N) is 1. The molecule has 0 radical (unpaired) electrons. The fraction of sp³-hybridized carbons (Fsp3) is 0.103. The van der Waals surface area contributed by atoms with Gasteiger partial charge in [0.1, 0.15) is 11.6 Å². The minimum absolute atomic E-state index is 0.0523. The topological polar surface area (TPSA) is 59.4 Å². The number of amides is 1. The molecule has 1 N–H and O–H groups in total. The van der Waals surface area contributed by atoms with Gasteiger partial charge in [0.05, 0.1) is 30.4 Å². The number of methoxy groups -OCH3 is 1. The maximum absolute atomic E-state index is 14.6. The quantitative estimate of drug-likeness (QED) is 0.394. The van der Waals surface area contributed by atoms with Crippen LogP contribution < -0.4 is 15.0 Å². The van der Waals surface area contributed by atoms with Crippen molar-refractivity contribution < 1.29 is 9.53 Å². The van der Waals surface area contributed by atoms with Crippen LogP contribution in [0.4, 0.5) is 11.4 Å². The zero-order valence-electron chi connectivity index (χ0n) is 19.1. The third-order valence-corrected chi connectivity index (χ3v) is 7.00. The molecular weight excluding hydrogens is 436 g/mol. The molecule has 2 aliphatic rings. The molecule has 5 aromatic rings. The van der Waals surface area contributed by atoms with Crippen LogP contribution in [0.15, 0.2) is 97.1 Å². The maximum atomic E-state index is 14.6. The van der Waals surface area contributed by atoms with Crippen LogP contribution in [-0.2, 0) is 17.0 Å². The van der Waals surface area contributed by atoms with Gasteiger partial charge < -0.3 is 15.0 Å². The third kappa shape index (κ3) is 2.65. The molecule has 2 aliphatic heterocycles. The number of anilines is 2. The van der Waals surface area contributed by atoms with Gasteiger partial charge in [0.15, 0.2) is 0 Å². The molecule has 0 aliphatic carbocycles. The van der Waals surface area contributed by atoms with E-state index in [4.69, 9.17) is 9.72 Å². The summed E-state index contributed by atoms with van der Waals surface area (Å²) in [6, 6.07) is 31.9. The van der Waals surface area contributed by atoms with Gasteiger partial charge in [-0.25, -0.2) is 4.98 Å². The molecule has 35 heavy (non-hydrogen) atoms. The molecule has 6 nitrogen and oxygen atoms in total. The van der Waals surface area contributed by atoms with E-state index in [2.05, 4.69) is 9.88 Å². The van der Waals surface area contributed by atoms with E-state index in [1.807, 2.05) is 102 Å². The van der Waals surface area contributed by atoms with Crippen LogP contribution >= 0.6 is 0 Å². The van der Waals surface area contributed by atoms with Gasteiger partial charge in [-0.05, 0) is 48.0 Å². The molecule has 0 saturated heterocycles. The standard InChI is InChI=1S/C29H22N4O2/c1-35-20-15-16-25-22(17-20)29(28(34)32(25)18-19-9-3-2-4-10-19)31-23-12-6-5-11-21(23)27-30-24-13-7-8-14-26(24)33(27)29/h2-17,31H,18H2,1H3/t29-/m0/s1. The summed E-state index contributed by atoms with van der Waals surface area (Å²) in [6.45, 7) is 0.464. The van der Waals surface area contributed by atoms with Crippen molar-refractivity contribution in [1.82, 2.24) is 9.55 Å². The Labute approximate surface area is 202 Å². The molecule has 0 unspecified atom stereocenters. The Hall–Kier alpha value is -4.58. The second-order valence-corrected chi connectivity index (χ2v) is 8.90. The van der Waals surface area contributed by atoms with Crippen LogP contribution in [0, 0.1) is 0 Å². The summed E-state index contributed by atoms with van der Waals surface area (Å²) in [5.74, 6) is 1.41. The van der Waals surface area contributed by atoms with Gasteiger partial charge in [-0.3, -0.25) is 9.36 Å². The first-order valence-electron chi connectivity index (χ1n) is 11.6. The fourth-order valence-electron chi connectivity index (χ4n) is 5.43. The molecular formula is C29H22N4O2. The largest absolute Gasteiger partial charge is 0.497 e. The number of rotatable bonds is 3. The monoisotopic (exact) mass is 458 g/mol. The number of carbonyl (C=O) groups is 1. The van der Waals surface area contributed by atoms with Gasteiger partial charge in [0.2, 0.25) is 5.66 Å². The van der Waals surface area contributed by atoms with Crippen molar-refractivity contribution in [2.24, 2.45) is 0 Å². The number of nitrogens with zero attached hydrogens (tertiary/aromatic N) is 3. The molecule has 4 aromatic carbocycles. The number of hydrogen-bond donors (Lipinski definition) is 1. The van der Waals surface area contributed by atoms with Crippen molar-refractivity contribution in [3.63, 3.8) is 0 Å². The number of imidazole rings is 1. The molecule has 170 valence electrons. The Morgan fingerprint density at radius 3 is 2.54 bits per heavy atom. The van der Waals surface area contributed by atoms with E-state index in [9.17, 15) is 4.79 Å². The lowest BCUT2D eigenvalue weighted by Gasteiger charge is -2.38. The second-order valence-electron chi connectivity index (χ2n) is 8.90. The van der Waals surface area contributed by atoms with Crippen molar-refractivity contribution in [3.8, 4) is 17.1 Å². The first-order chi connectivity index (χ1) is 17.2. The maximum Gasteiger partial charge on any atom is 0.279 e. The zero-order chi connectivity index (χ0) is 23.6. The number of aromatic nitrogens is 2. The Balaban J connectivity index is 1.55. The van der Waals surface area contributed by atoms with Gasteiger partial charge >= 0.3 is 0 Å². The number of fused-ring (bicyclic) bond motifs is 8. The van der Waals surface area contributed by atoms with Crippen molar-refractivity contribution in [3.05, 3.63) is 108 Å². The zero-order valence-corrected chi connectivity index (χ0v) is 19.1. The lowest BCUT2D eigenvalue weighted by Crippen LogP contribution is -2.53. The first kappa shape index (κ1) is 19.9. The van der Waals surface area contributed by atoms with E-state index in [0.717, 1.165) is 44.9 Å². The normalized spacial score (nSPS) is 17.7. The molecule has 1 aromatic heterocycles. The van der Waals surface area contributed by atoms with Crippen LogP contribution in [0.1, 0.15) is 11.1 Å². The fourth-order valence-corrected chi connectivity index (χ4v) is 5.43. The summed E-state index contributed by atoms with van der Waals surface area (Å²) in [6.07, 6.45) is 0. The lowest BCUT2D eigenvalue weighted by molar-refractivity contribution is -0.123. The van der Waals surface area contributed by atoms with Gasteiger partial charge in [-0.15, -0.1) is 0 Å². The van der Waals surface area contributed by atoms with Crippen LogP contribution in [0.25, 0.3) is 22.4 Å². The number of para-hydroxylation sites is 3. The van der Waals surface area contributed by atoms with E-state index in [1.54, 1.807) is 7.11 Å². The highest BCUT2D eigenvalue weighted by atomic mass is 16.5. The molecule has 1 atom stereocenters. The summed E-state index contributed by atoms with van der Waals surface area (Å²) in [4.78, 5) is 21.5. The molecule has 1 amide bonds. The van der Waals surface area contributed by atoms with Crippen molar-refractivity contribution in [2.75, 3.05) is 17.3 Å². The molecule has 6 heteroatoms. The smallest absolute Gasteiger partial charge is 0.279 e. The van der Waals surface area contributed by atoms with E-state index in [1.165, 1.54) is 0 Å². The third-order valence-electron chi connectivity index (χ3n) is 7.00. The van der Waals surface area contributed by atoms with Gasteiger partial charge in [0.25, 0.3) is 5.91 Å². The predicted octanol–water partition coefficient (Wildman–Crippen LogP) is 5.39. The number of carbonyl (C=O) groups excluding carboxylic acids is 1. The van der Waals surface area contributed by atoms with E-state index < -0.39 is 5.66 Å². The minimum Gasteiger partial charge on any atom is -0.497 e. The van der Waals surface area contributed by atoms with E-state index in [0.29, 0.717) is 12.3 Å². The Bertz CT molecular complexity index is 1620. The average molecular weight is 459 g/mol. The molecule has 3 heterocycles. The van der Waals surface area contributed by atoms with Crippen LogP contribution in [0.5, 0.6) is 5.75 Å². The highest BCUT2D eigenvalue weighted by Gasteiger charge is 2.56. The number of benzene rings is 4. The van der Waals surface area contributed by atoms with Crippen molar-refractivity contribution in [2.45, 2.75) is 12.2 Å². The molecule has 0 saturated carbocycles. The second kappa shape index (κ2) is 7.21. The first-order valence-corrected chi connectivity index (χ1v) is 11.6. The summed E-state index contributed by atoms with van der Waals surface area (Å²) in [7, 11) is 1.65. The SMILES string of the molecule is COc1ccc2c(c1)[C@@]1(Nc3ccccc3-c3nc4ccccc4n31)C(=O)N2Cc1ccccc1. The van der Waals surface area contributed by atoms with E-state index in [-0.39, 0.29) is 5.91 Å². The Kier molecular flexibility index (Phi) is 4.09. The summed E-state index contributed by atoms with van der Waals surface area (Å²) < 4.78 is 7.67. The number of hydrogen-bond acceptors (Lipinski definition) is 4. The molecule has 7 rings (SSSR count). The Morgan fingerprint density at radius 2 is 1.69 bits per heavy atom. The lowest BCUT2D eigenvalue weighted by atomic mass is 9.95. The molecule has 0 bridgehead atoms. The average Bonchev–Trinajstić information content (AvgIpc) is 3.40. The van der Waals surface area contributed by atoms with Crippen LogP contribution in [-0.4, -0.2) is 22.6 Å². The predicted molar refractivity (Wildman–Crippen MR) is 136 cm³/mol. The van der Waals surface area contributed by atoms with Crippen molar-refractivity contribution in [1.29, 1.82) is 0 Å². The highest BCUT2D eigenvalue weighted by Crippen LogP contribution is 2.51.